The van der Waals surface area contributed by atoms with Crippen LogP contribution in [0.15, 0.2) is 23.8 Å². The maximum absolute atomic E-state index is 13.6. The van der Waals surface area contributed by atoms with Gasteiger partial charge in [0.15, 0.2) is 11.6 Å². The second-order valence-corrected chi connectivity index (χ2v) is 16.3. The van der Waals surface area contributed by atoms with E-state index in [1.54, 1.807) is 12.2 Å². The Labute approximate surface area is 318 Å². The van der Waals surface area contributed by atoms with Gasteiger partial charge in [-0.1, -0.05) is 52.7 Å². The molecule has 3 aliphatic heterocycles. The van der Waals surface area contributed by atoms with Gasteiger partial charge in [-0.25, -0.2) is 0 Å². The zero-order valence-electron chi connectivity index (χ0n) is 33.8. The normalized spacial score (nSPS) is 34.5. The topological polar surface area (TPSA) is 149 Å². The van der Waals surface area contributed by atoms with Gasteiger partial charge in [0.2, 0.25) is 11.8 Å². The largest absolute Gasteiger partial charge is 0.458 e. The number of ether oxygens (including phenoxy) is 4. The summed E-state index contributed by atoms with van der Waals surface area (Å²) in [6.45, 7) is 15.9. The Balaban J connectivity index is 1.88. The van der Waals surface area contributed by atoms with Gasteiger partial charge >= 0.3 is 5.97 Å². The van der Waals surface area contributed by atoms with Gasteiger partial charge in [0.1, 0.15) is 6.10 Å². The average molecular weight is 747 g/mol. The van der Waals surface area contributed by atoms with E-state index in [0.717, 1.165) is 44.1 Å². The average Bonchev–Trinajstić information content (AvgIpc) is 3.38. The molecule has 3 rings (SSSR count). The molecule has 53 heavy (non-hydrogen) atoms. The number of hydrogen-bond donors (Lipinski definition) is 3. The molecule has 11 atom stereocenters. The van der Waals surface area contributed by atoms with E-state index in [2.05, 4.69) is 37.5 Å². The molecule has 3 N–H and O–H groups in total. The van der Waals surface area contributed by atoms with Crippen molar-refractivity contribution in [3.63, 3.8) is 0 Å². The van der Waals surface area contributed by atoms with Gasteiger partial charge in [0, 0.05) is 39.3 Å². The van der Waals surface area contributed by atoms with E-state index in [0.29, 0.717) is 38.6 Å². The summed E-state index contributed by atoms with van der Waals surface area (Å²) in [4.78, 5) is 51.5. The molecule has 4 bridgehead atoms. The molecule has 3 saturated heterocycles. The van der Waals surface area contributed by atoms with E-state index in [9.17, 15) is 24.3 Å². The number of allylic oxidation sites excluding steroid dienone is 3. The van der Waals surface area contributed by atoms with Gasteiger partial charge in [0.25, 0.3) is 0 Å². The van der Waals surface area contributed by atoms with Crippen LogP contribution in [0.5, 0.6) is 0 Å². The number of nitrogens with one attached hydrogen (secondary N) is 2. The van der Waals surface area contributed by atoms with Gasteiger partial charge in [-0.3, -0.25) is 19.2 Å². The minimum Gasteiger partial charge on any atom is -0.458 e. The molecule has 0 aromatic carbocycles. The molecule has 11 nitrogen and oxygen atoms in total. The number of esters is 1. The number of amides is 2. The molecular weight excluding hydrogens is 676 g/mol. The summed E-state index contributed by atoms with van der Waals surface area (Å²) in [7, 11) is 0. The number of hydrogen-bond acceptors (Lipinski definition) is 9. The first-order valence-electron chi connectivity index (χ1n) is 20.4. The summed E-state index contributed by atoms with van der Waals surface area (Å²) in [5.41, 5.74) is 1.00. The van der Waals surface area contributed by atoms with Crippen LogP contribution < -0.4 is 10.6 Å². The minimum absolute atomic E-state index is 0.0392. The van der Waals surface area contributed by atoms with Crippen LogP contribution >= 0.6 is 0 Å². The molecule has 11 heteroatoms. The van der Waals surface area contributed by atoms with Crippen molar-refractivity contribution in [3.8, 4) is 0 Å². The lowest BCUT2D eigenvalue weighted by Crippen LogP contribution is -2.46. The van der Waals surface area contributed by atoms with Gasteiger partial charge in [0.05, 0.1) is 42.9 Å². The Morgan fingerprint density at radius 1 is 0.943 bits per heavy atom. The van der Waals surface area contributed by atoms with Gasteiger partial charge in [-0.2, -0.15) is 0 Å². The van der Waals surface area contributed by atoms with E-state index in [1.807, 2.05) is 27.7 Å². The van der Waals surface area contributed by atoms with Crippen LogP contribution in [0.25, 0.3) is 0 Å². The molecule has 3 heterocycles. The molecule has 0 spiro atoms. The fraction of sp³-hybridized carbons (Fsp3) is 0.810. The first kappa shape index (κ1) is 44.8. The highest BCUT2D eigenvalue weighted by Crippen LogP contribution is 2.39. The summed E-state index contributed by atoms with van der Waals surface area (Å²) < 4.78 is 25.1. The SMILES string of the molecule is C/C=C/C(=O)C[C@@H]1CC[C@]2(O)C[C@H](C)[C@@H](CCCNC(=O)[C@H](C)[C@@H]3CNC(=O)C[C@H](O1)[C@@H](C)CCCC[C@H](CC[C@@H](C)/C=C(\C)[C@H](C)OC(C)=O)O3)O2. The summed E-state index contributed by atoms with van der Waals surface area (Å²) in [6, 6.07) is 0. The molecule has 302 valence electrons. The van der Waals surface area contributed by atoms with Gasteiger partial charge in [-0.15, -0.1) is 0 Å². The van der Waals surface area contributed by atoms with E-state index in [-0.39, 0.29) is 79.0 Å². The standard InChI is InChI=1S/C42H70N2O9/c1-9-13-34(46)23-36-19-20-42(49)25-30(5)37(53-42)16-12-21-43-41(48)31(6)39-26-44-40(47)24-38(52-36)28(3)14-10-11-15-35(51-39)18-17-27(2)22-29(4)32(7)50-33(8)45/h9,13,22,27-28,30-32,35-39,49H,10-12,14-21,23-26H2,1-8H3,(H,43,48)(H,44,47)/b13-9+,29-22+/t27-,28+,30+,31-,32+,35-,36+,37-,38+,39+,42-/m1/s1. The van der Waals surface area contributed by atoms with E-state index in [4.69, 9.17) is 18.9 Å². The fourth-order valence-corrected chi connectivity index (χ4v) is 7.97. The van der Waals surface area contributed by atoms with Crippen molar-refractivity contribution in [2.24, 2.45) is 23.7 Å². The van der Waals surface area contributed by atoms with Gasteiger partial charge < -0.3 is 34.7 Å². The highest BCUT2D eigenvalue weighted by Gasteiger charge is 2.43. The third-order valence-electron chi connectivity index (χ3n) is 11.4. The monoisotopic (exact) mass is 747 g/mol. The summed E-state index contributed by atoms with van der Waals surface area (Å²) in [5.74, 6) is -2.12. The minimum atomic E-state index is -1.32. The third-order valence-corrected chi connectivity index (χ3v) is 11.4. The van der Waals surface area contributed by atoms with Gasteiger partial charge in [-0.05, 0) is 95.1 Å². The number of ketones is 1. The van der Waals surface area contributed by atoms with Crippen molar-refractivity contribution in [2.45, 2.75) is 181 Å². The smallest absolute Gasteiger partial charge is 0.303 e. The van der Waals surface area contributed by atoms with Crippen LogP contribution in [-0.2, 0) is 38.1 Å². The molecule has 3 fully saturated rings. The van der Waals surface area contributed by atoms with Crippen LogP contribution in [0.1, 0.15) is 139 Å². The molecule has 0 radical (unpaired) electrons. The molecule has 0 aliphatic carbocycles. The summed E-state index contributed by atoms with van der Waals surface area (Å²) >= 11 is 0. The Morgan fingerprint density at radius 3 is 2.38 bits per heavy atom. The predicted octanol–water partition coefficient (Wildman–Crippen LogP) is 6.50. The highest BCUT2D eigenvalue weighted by molar-refractivity contribution is 5.89. The molecule has 0 saturated carbocycles. The highest BCUT2D eigenvalue weighted by atomic mass is 16.6. The Bertz CT molecular complexity index is 1250. The first-order chi connectivity index (χ1) is 25.1. The maximum atomic E-state index is 13.6. The molecule has 0 aromatic heterocycles. The molecule has 0 unspecified atom stereocenters. The summed E-state index contributed by atoms with van der Waals surface area (Å²) in [6.07, 6.45) is 11.4. The second-order valence-electron chi connectivity index (χ2n) is 16.3. The van der Waals surface area contributed by atoms with Crippen molar-refractivity contribution in [1.29, 1.82) is 0 Å². The molecule has 0 aromatic rings. The Morgan fingerprint density at radius 2 is 1.66 bits per heavy atom. The number of rotatable bonds is 9. The number of carbonyl (C=O) groups is 4. The third kappa shape index (κ3) is 15.6. The Kier molecular flexibility index (Phi) is 18.7. The zero-order chi connectivity index (χ0) is 39.1. The van der Waals surface area contributed by atoms with Crippen LogP contribution in [-0.4, -0.2) is 84.2 Å². The maximum Gasteiger partial charge on any atom is 0.303 e. The molecular formula is C42H70N2O9. The lowest BCUT2D eigenvalue weighted by atomic mass is 9.92. The lowest BCUT2D eigenvalue weighted by molar-refractivity contribution is -0.202. The number of carbonyl (C=O) groups excluding carboxylic acids is 4. The van der Waals surface area contributed by atoms with Crippen molar-refractivity contribution < 1.29 is 43.2 Å². The van der Waals surface area contributed by atoms with Crippen molar-refractivity contribution in [1.82, 2.24) is 10.6 Å². The number of aliphatic hydroxyl groups is 1. The van der Waals surface area contributed by atoms with E-state index >= 15 is 0 Å². The predicted molar refractivity (Wildman–Crippen MR) is 205 cm³/mol. The molecule has 3 aliphatic rings. The summed E-state index contributed by atoms with van der Waals surface area (Å²) in [5, 5.41) is 17.6. The van der Waals surface area contributed by atoms with Crippen molar-refractivity contribution in [2.75, 3.05) is 13.1 Å². The fourth-order valence-electron chi connectivity index (χ4n) is 7.97. The number of fused-ring (bicyclic) bond motifs is 7. The van der Waals surface area contributed by atoms with E-state index < -0.39 is 30.0 Å². The van der Waals surface area contributed by atoms with Crippen LogP contribution in [0.2, 0.25) is 0 Å². The van der Waals surface area contributed by atoms with Crippen LogP contribution in [0, 0.1) is 23.7 Å². The first-order valence-corrected chi connectivity index (χ1v) is 20.4. The van der Waals surface area contributed by atoms with E-state index in [1.165, 1.54) is 6.92 Å². The van der Waals surface area contributed by atoms with Crippen molar-refractivity contribution in [3.05, 3.63) is 23.8 Å². The van der Waals surface area contributed by atoms with Crippen molar-refractivity contribution >= 4 is 23.6 Å². The zero-order valence-corrected chi connectivity index (χ0v) is 33.8. The Hall–Kier alpha value is -2.60. The quantitative estimate of drug-likeness (QED) is 0.137. The van der Waals surface area contributed by atoms with Crippen LogP contribution in [0.4, 0.5) is 0 Å². The van der Waals surface area contributed by atoms with Crippen LogP contribution in [0.3, 0.4) is 0 Å². The lowest BCUT2D eigenvalue weighted by Gasteiger charge is -2.31. The second kappa shape index (κ2) is 22.1. The molecule has 2 amide bonds.